The molecular formula is C14H20ClN3O2. The number of hydrogen-bond donors (Lipinski definition) is 2. The van der Waals surface area contributed by atoms with E-state index in [0.29, 0.717) is 11.6 Å². The second-order valence-corrected chi connectivity index (χ2v) is 5.40. The Morgan fingerprint density at radius 1 is 1.35 bits per heavy atom. The van der Waals surface area contributed by atoms with Crippen LogP contribution in [0, 0.1) is 0 Å². The average Bonchev–Trinajstić information content (AvgIpc) is 2.34. The van der Waals surface area contributed by atoms with Crippen molar-refractivity contribution in [3.8, 4) is 0 Å². The summed E-state index contributed by atoms with van der Waals surface area (Å²) in [5.74, 6) is -0.879. The molecule has 0 aliphatic carbocycles. The third-order valence-electron chi connectivity index (χ3n) is 2.89. The van der Waals surface area contributed by atoms with Gasteiger partial charge >= 0.3 is 0 Å². The number of amides is 2. The lowest BCUT2D eigenvalue weighted by Crippen LogP contribution is -2.47. The first-order valence-corrected chi connectivity index (χ1v) is 6.78. The Hall–Kier alpha value is -1.59. The maximum Gasteiger partial charge on any atom is 0.240 e. The monoisotopic (exact) mass is 297 g/mol. The Morgan fingerprint density at radius 3 is 2.50 bits per heavy atom. The van der Waals surface area contributed by atoms with Crippen LogP contribution in [0.5, 0.6) is 0 Å². The summed E-state index contributed by atoms with van der Waals surface area (Å²) in [6, 6.07) is 6.32. The number of halogens is 1. The van der Waals surface area contributed by atoms with Crippen LogP contribution in [0.4, 0.5) is 0 Å². The minimum Gasteiger partial charge on any atom is -0.370 e. The van der Waals surface area contributed by atoms with E-state index in [-0.39, 0.29) is 18.4 Å². The Morgan fingerprint density at radius 2 is 2.00 bits per heavy atom. The lowest BCUT2D eigenvalue weighted by molar-refractivity contribution is -0.136. The van der Waals surface area contributed by atoms with E-state index < -0.39 is 11.9 Å². The zero-order chi connectivity index (χ0) is 15.3. The van der Waals surface area contributed by atoms with Crippen LogP contribution in [0.1, 0.15) is 25.8 Å². The van der Waals surface area contributed by atoms with Crippen LogP contribution in [-0.4, -0.2) is 28.8 Å². The summed E-state index contributed by atoms with van der Waals surface area (Å²) in [6.07, 6.45) is -0.155. The lowest BCUT2D eigenvalue weighted by Gasteiger charge is -2.29. The molecule has 0 saturated carbocycles. The number of nitrogens with zero attached hydrogens (tertiary/aromatic N) is 1. The van der Waals surface area contributed by atoms with E-state index in [1.807, 2.05) is 26.0 Å². The quantitative estimate of drug-likeness (QED) is 0.829. The molecule has 4 N–H and O–H groups in total. The fourth-order valence-corrected chi connectivity index (χ4v) is 2.08. The van der Waals surface area contributed by atoms with Crippen LogP contribution in [-0.2, 0) is 16.1 Å². The van der Waals surface area contributed by atoms with Crippen LogP contribution >= 0.6 is 11.6 Å². The molecule has 1 rings (SSSR count). The van der Waals surface area contributed by atoms with E-state index in [0.717, 1.165) is 5.56 Å². The van der Waals surface area contributed by atoms with Crippen LogP contribution < -0.4 is 11.5 Å². The SMILES string of the molecule is CC(C)N(Cc1cccc(Cl)c1)C(=O)C(N)CC(N)=O. The highest BCUT2D eigenvalue weighted by atomic mass is 35.5. The van der Waals surface area contributed by atoms with Gasteiger partial charge in [-0.3, -0.25) is 9.59 Å². The van der Waals surface area contributed by atoms with Gasteiger partial charge < -0.3 is 16.4 Å². The number of rotatable bonds is 6. The second kappa shape index (κ2) is 7.26. The Labute approximate surface area is 123 Å². The third kappa shape index (κ3) is 4.83. The molecule has 1 aromatic carbocycles. The van der Waals surface area contributed by atoms with Gasteiger partial charge in [0.15, 0.2) is 0 Å². The summed E-state index contributed by atoms with van der Waals surface area (Å²) in [5.41, 5.74) is 11.7. The van der Waals surface area contributed by atoms with Crippen molar-refractivity contribution in [2.24, 2.45) is 11.5 Å². The van der Waals surface area contributed by atoms with Crippen LogP contribution in [0.15, 0.2) is 24.3 Å². The highest BCUT2D eigenvalue weighted by Gasteiger charge is 2.24. The topological polar surface area (TPSA) is 89.4 Å². The van der Waals surface area contributed by atoms with E-state index in [4.69, 9.17) is 23.1 Å². The summed E-state index contributed by atoms with van der Waals surface area (Å²) in [4.78, 5) is 24.7. The average molecular weight is 298 g/mol. The molecule has 1 unspecified atom stereocenters. The summed E-state index contributed by atoms with van der Waals surface area (Å²) in [5, 5.41) is 0.611. The molecule has 1 aromatic rings. The van der Waals surface area contributed by atoms with Crippen molar-refractivity contribution in [3.05, 3.63) is 34.9 Å². The van der Waals surface area contributed by atoms with Crippen molar-refractivity contribution in [1.29, 1.82) is 0 Å². The van der Waals surface area contributed by atoms with Crippen LogP contribution in [0.3, 0.4) is 0 Å². The second-order valence-electron chi connectivity index (χ2n) is 4.97. The first-order valence-electron chi connectivity index (χ1n) is 6.40. The molecule has 0 aliphatic rings. The predicted octanol–water partition coefficient (Wildman–Crippen LogP) is 1.28. The molecule has 5 nitrogen and oxygen atoms in total. The molecule has 20 heavy (non-hydrogen) atoms. The van der Waals surface area contributed by atoms with Gasteiger partial charge in [0.2, 0.25) is 11.8 Å². The van der Waals surface area contributed by atoms with Crippen molar-refractivity contribution in [2.45, 2.75) is 38.9 Å². The fourth-order valence-electron chi connectivity index (χ4n) is 1.86. The van der Waals surface area contributed by atoms with Gasteiger partial charge in [0.25, 0.3) is 0 Å². The minimum atomic E-state index is -0.908. The van der Waals surface area contributed by atoms with E-state index in [1.165, 1.54) is 0 Å². The van der Waals surface area contributed by atoms with Crippen molar-refractivity contribution in [1.82, 2.24) is 4.90 Å². The number of hydrogen-bond acceptors (Lipinski definition) is 3. The van der Waals surface area contributed by atoms with E-state index in [2.05, 4.69) is 0 Å². The van der Waals surface area contributed by atoms with Gasteiger partial charge in [-0.15, -0.1) is 0 Å². The van der Waals surface area contributed by atoms with Crippen molar-refractivity contribution in [2.75, 3.05) is 0 Å². The predicted molar refractivity (Wildman–Crippen MR) is 78.9 cm³/mol. The normalized spacial score (nSPS) is 12.2. The summed E-state index contributed by atoms with van der Waals surface area (Å²) < 4.78 is 0. The maximum absolute atomic E-state index is 12.3. The molecule has 0 aliphatic heterocycles. The van der Waals surface area contributed by atoms with Gasteiger partial charge in [0.05, 0.1) is 12.5 Å². The fraction of sp³-hybridized carbons (Fsp3) is 0.429. The molecule has 0 fully saturated rings. The maximum atomic E-state index is 12.3. The van der Waals surface area contributed by atoms with Crippen LogP contribution in [0.2, 0.25) is 5.02 Å². The molecule has 0 saturated heterocycles. The summed E-state index contributed by atoms with van der Waals surface area (Å²) in [7, 11) is 0. The van der Waals surface area contributed by atoms with Gasteiger partial charge in [0, 0.05) is 17.6 Å². The van der Waals surface area contributed by atoms with Gasteiger partial charge in [-0.2, -0.15) is 0 Å². The van der Waals surface area contributed by atoms with E-state index in [9.17, 15) is 9.59 Å². The molecule has 110 valence electrons. The molecule has 6 heteroatoms. The highest BCUT2D eigenvalue weighted by molar-refractivity contribution is 6.30. The van der Waals surface area contributed by atoms with Gasteiger partial charge in [0.1, 0.15) is 0 Å². The third-order valence-corrected chi connectivity index (χ3v) is 3.12. The zero-order valence-corrected chi connectivity index (χ0v) is 12.4. The van der Waals surface area contributed by atoms with Crippen molar-refractivity contribution < 1.29 is 9.59 Å². The Bertz CT molecular complexity index is 491. The molecule has 0 spiro atoms. The Balaban J connectivity index is 2.84. The molecule has 0 radical (unpaired) electrons. The number of carbonyl (C=O) groups is 2. The van der Waals surface area contributed by atoms with E-state index in [1.54, 1.807) is 17.0 Å². The Kier molecular flexibility index (Phi) is 5.98. The molecule has 0 heterocycles. The van der Waals surface area contributed by atoms with Gasteiger partial charge in [-0.1, -0.05) is 23.7 Å². The number of nitrogens with two attached hydrogens (primary N) is 2. The van der Waals surface area contributed by atoms with Crippen LogP contribution in [0.25, 0.3) is 0 Å². The molecule has 0 bridgehead atoms. The molecule has 1 atom stereocenters. The minimum absolute atomic E-state index is 0.0413. The van der Waals surface area contributed by atoms with Crippen molar-refractivity contribution in [3.63, 3.8) is 0 Å². The van der Waals surface area contributed by atoms with E-state index >= 15 is 0 Å². The molecule has 2 amide bonds. The zero-order valence-electron chi connectivity index (χ0n) is 11.7. The highest BCUT2D eigenvalue weighted by Crippen LogP contribution is 2.15. The molecular weight excluding hydrogens is 278 g/mol. The number of benzene rings is 1. The first kappa shape index (κ1) is 16.5. The smallest absolute Gasteiger partial charge is 0.240 e. The van der Waals surface area contributed by atoms with Crippen molar-refractivity contribution >= 4 is 23.4 Å². The van der Waals surface area contributed by atoms with Gasteiger partial charge in [-0.05, 0) is 31.5 Å². The number of carbonyl (C=O) groups excluding carboxylic acids is 2. The van der Waals surface area contributed by atoms with Gasteiger partial charge in [-0.25, -0.2) is 0 Å². The molecule has 0 aromatic heterocycles. The first-order chi connectivity index (χ1) is 9.31. The number of primary amides is 1. The largest absolute Gasteiger partial charge is 0.370 e. The summed E-state index contributed by atoms with van der Waals surface area (Å²) in [6.45, 7) is 4.17. The lowest BCUT2D eigenvalue weighted by atomic mass is 10.1. The summed E-state index contributed by atoms with van der Waals surface area (Å²) >= 11 is 5.93. The standard InChI is InChI=1S/C14H20ClN3O2/c1-9(2)18(14(20)12(16)7-13(17)19)8-10-4-3-5-11(15)6-10/h3-6,9,12H,7-8,16H2,1-2H3,(H2,17,19).